The zero-order chi connectivity index (χ0) is 22.6. The lowest BCUT2D eigenvalue weighted by Gasteiger charge is -2.07. The normalized spacial score (nSPS) is 12.5. The Labute approximate surface area is 188 Å². The second-order valence-electron chi connectivity index (χ2n) is 7.51. The predicted molar refractivity (Wildman–Crippen MR) is 122 cm³/mol. The molecular formula is C24H21N5O4. The molecule has 2 aromatic carbocycles. The van der Waals surface area contributed by atoms with Crippen LogP contribution in [0, 0.1) is 0 Å². The summed E-state index contributed by atoms with van der Waals surface area (Å²) in [7, 11) is 0. The summed E-state index contributed by atoms with van der Waals surface area (Å²) in [5, 5.41) is 7.53. The van der Waals surface area contributed by atoms with Crippen LogP contribution in [0.2, 0.25) is 0 Å². The highest BCUT2D eigenvalue weighted by molar-refractivity contribution is 5.91. The van der Waals surface area contributed by atoms with E-state index in [1.807, 2.05) is 48.5 Å². The molecule has 4 aromatic rings. The molecule has 1 aliphatic rings. The Kier molecular flexibility index (Phi) is 5.59. The molecule has 166 valence electrons. The molecule has 9 heteroatoms. The smallest absolute Gasteiger partial charge is 0.264 e. The van der Waals surface area contributed by atoms with Crippen LogP contribution in [-0.2, 0) is 17.9 Å². The SMILES string of the molecule is O=C(C=Cc1ccc2c(c1)OCO2)NCCn1ncc2c(=O)n(Cc3ccccc3)cnc21. The van der Waals surface area contributed by atoms with E-state index in [1.165, 1.54) is 18.6 Å². The molecule has 0 bridgehead atoms. The van der Waals surface area contributed by atoms with Gasteiger partial charge in [0, 0.05) is 12.6 Å². The Balaban J connectivity index is 1.19. The summed E-state index contributed by atoms with van der Waals surface area (Å²) in [5.74, 6) is 1.13. The van der Waals surface area contributed by atoms with Crippen molar-refractivity contribution in [2.45, 2.75) is 13.1 Å². The summed E-state index contributed by atoms with van der Waals surface area (Å²) in [6.07, 6.45) is 6.21. The Morgan fingerprint density at radius 1 is 1.12 bits per heavy atom. The van der Waals surface area contributed by atoms with Gasteiger partial charge in [0.2, 0.25) is 12.7 Å². The van der Waals surface area contributed by atoms with Crippen molar-refractivity contribution in [3.8, 4) is 11.5 Å². The minimum Gasteiger partial charge on any atom is -0.454 e. The number of carbonyl (C=O) groups is 1. The van der Waals surface area contributed by atoms with Crippen LogP contribution >= 0.6 is 0 Å². The molecule has 0 saturated heterocycles. The average molecular weight is 443 g/mol. The summed E-state index contributed by atoms with van der Waals surface area (Å²) in [5.41, 5.74) is 2.20. The maximum Gasteiger partial charge on any atom is 0.264 e. The summed E-state index contributed by atoms with van der Waals surface area (Å²) in [4.78, 5) is 29.4. The lowest BCUT2D eigenvalue weighted by atomic mass is 10.2. The maximum atomic E-state index is 12.8. The molecule has 1 amide bonds. The van der Waals surface area contributed by atoms with Gasteiger partial charge in [0.1, 0.15) is 11.7 Å². The van der Waals surface area contributed by atoms with Gasteiger partial charge in [-0.3, -0.25) is 14.2 Å². The summed E-state index contributed by atoms with van der Waals surface area (Å²) in [6, 6.07) is 15.2. The molecule has 0 radical (unpaired) electrons. The lowest BCUT2D eigenvalue weighted by molar-refractivity contribution is -0.116. The fourth-order valence-electron chi connectivity index (χ4n) is 3.59. The number of carbonyl (C=O) groups excluding carboxylic acids is 1. The van der Waals surface area contributed by atoms with E-state index in [2.05, 4.69) is 15.4 Å². The first-order valence-corrected chi connectivity index (χ1v) is 10.5. The molecule has 0 unspecified atom stereocenters. The zero-order valence-corrected chi connectivity index (χ0v) is 17.7. The van der Waals surface area contributed by atoms with E-state index in [1.54, 1.807) is 15.3 Å². The number of ether oxygens (including phenoxy) is 2. The third-order valence-electron chi connectivity index (χ3n) is 5.26. The fourth-order valence-corrected chi connectivity index (χ4v) is 3.59. The van der Waals surface area contributed by atoms with Crippen LogP contribution < -0.4 is 20.3 Å². The third kappa shape index (κ3) is 4.47. The van der Waals surface area contributed by atoms with Crippen molar-refractivity contribution in [2.75, 3.05) is 13.3 Å². The van der Waals surface area contributed by atoms with Crippen molar-refractivity contribution in [1.82, 2.24) is 24.6 Å². The third-order valence-corrected chi connectivity index (χ3v) is 5.26. The zero-order valence-electron chi connectivity index (χ0n) is 17.7. The van der Waals surface area contributed by atoms with Gasteiger partial charge in [0.15, 0.2) is 17.1 Å². The van der Waals surface area contributed by atoms with Gasteiger partial charge >= 0.3 is 0 Å². The molecule has 0 fully saturated rings. The first-order valence-electron chi connectivity index (χ1n) is 10.5. The van der Waals surface area contributed by atoms with Gasteiger partial charge in [-0.25, -0.2) is 9.67 Å². The summed E-state index contributed by atoms with van der Waals surface area (Å²) in [6.45, 7) is 1.39. The highest BCUT2D eigenvalue weighted by Crippen LogP contribution is 2.32. The number of aromatic nitrogens is 4. The molecule has 3 heterocycles. The Morgan fingerprint density at radius 3 is 2.85 bits per heavy atom. The van der Waals surface area contributed by atoms with Gasteiger partial charge in [-0.2, -0.15) is 5.10 Å². The number of fused-ring (bicyclic) bond motifs is 2. The topological polar surface area (TPSA) is 100 Å². The van der Waals surface area contributed by atoms with Gasteiger partial charge in [-0.1, -0.05) is 36.4 Å². The van der Waals surface area contributed by atoms with Crippen LogP contribution in [-0.4, -0.2) is 38.6 Å². The maximum absolute atomic E-state index is 12.8. The second-order valence-corrected chi connectivity index (χ2v) is 7.51. The predicted octanol–water partition coefficient (Wildman–Crippen LogP) is 2.20. The standard InChI is InChI=1S/C24H21N5O4/c30-22(9-7-17-6-8-20-21(12-17)33-16-32-20)25-10-11-29-23-19(13-27-29)24(31)28(15-26-23)14-18-4-2-1-3-5-18/h1-9,12-13,15H,10-11,14,16H2,(H,25,30). The van der Waals surface area contributed by atoms with Crippen molar-refractivity contribution in [2.24, 2.45) is 0 Å². The van der Waals surface area contributed by atoms with Crippen molar-refractivity contribution in [3.63, 3.8) is 0 Å². The minimum atomic E-state index is -0.234. The monoisotopic (exact) mass is 443 g/mol. The van der Waals surface area contributed by atoms with Gasteiger partial charge in [-0.05, 0) is 29.3 Å². The van der Waals surface area contributed by atoms with E-state index >= 15 is 0 Å². The van der Waals surface area contributed by atoms with E-state index in [-0.39, 0.29) is 18.3 Å². The van der Waals surface area contributed by atoms with Crippen molar-refractivity contribution >= 4 is 23.0 Å². The van der Waals surface area contributed by atoms with E-state index in [9.17, 15) is 9.59 Å². The molecule has 2 aromatic heterocycles. The number of amides is 1. The van der Waals surface area contributed by atoms with Crippen LogP contribution in [0.4, 0.5) is 0 Å². The Hall–Kier alpha value is -4.40. The lowest BCUT2D eigenvalue weighted by Crippen LogP contribution is -2.26. The van der Waals surface area contributed by atoms with E-state index in [0.29, 0.717) is 42.2 Å². The minimum absolute atomic E-state index is 0.147. The number of hydrogen-bond acceptors (Lipinski definition) is 6. The van der Waals surface area contributed by atoms with Crippen LogP contribution in [0.25, 0.3) is 17.1 Å². The second kappa shape index (κ2) is 8.99. The summed E-state index contributed by atoms with van der Waals surface area (Å²) < 4.78 is 13.8. The Morgan fingerprint density at radius 2 is 1.97 bits per heavy atom. The van der Waals surface area contributed by atoms with E-state index < -0.39 is 0 Å². The van der Waals surface area contributed by atoms with Crippen molar-refractivity contribution < 1.29 is 14.3 Å². The molecule has 9 nitrogen and oxygen atoms in total. The number of rotatable bonds is 7. The Bertz CT molecular complexity index is 1390. The summed E-state index contributed by atoms with van der Waals surface area (Å²) >= 11 is 0. The average Bonchev–Trinajstić information content (AvgIpc) is 3.47. The van der Waals surface area contributed by atoms with Crippen LogP contribution in [0.5, 0.6) is 11.5 Å². The number of benzene rings is 2. The highest BCUT2D eigenvalue weighted by Gasteiger charge is 2.13. The molecule has 1 N–H and O–H groups in total. The highest BCUT2D eigenvalue weighted by atomic mass is 16.7. The molecule has 0 saturated carbocycles. The molecule has 5 rings (SSSR count). The largest absolute Gasteiger partial charge is 0.454 e. The number of hydrogen-bond donors (Lipinski definition) is 1. The molecule has 1 aliphatic heterocycles. The van der Waals surface area contributed by atoms with E-state index in [4.69, 9.17) is 9.47 Å². The van der Waals surface area contributed by atoms with Gasteiger partial charge < -0.3 is 14.8 Å². The first-order chi connectivity index (χ1) is 16.2. The van der Waals surface area contributed by atoms with Gasteiger partial charge in [-0.15, -0.1) is 0 Å². The molecular weight excluding hydrogens is 422 g/mol. The molecule has 33 heavy (non-hydrogen) atoms. The van der Waals surface area contributed by atoms with Crippen molar-refractivity contribution in [1.29, 1.82) is 0 Å². The first kappa shape index (κ1) is 20.5. The van der Waals surface area contributed by atoms with Gasteiger partial charge in [0.05, 0.1) is 19.3 Å². The quantitative estimate of drug-likeness (QED) is 0.440. The molecule has 0 aliphatic carbocycles. The van der Waals surface area contributed by atoms with E-state index in [0.717, 1.165) is 11.1 Å². The number of nitrogens with one attached hydrogen (secondary N) is 1. The molecule has 0 atom stereocenters. The van der Waals surface area contributed by atoms with Crippen LogP contribution in [0.1, 0.15) is 11.1 Å². The van der Waals surface area contributed by atoms with Gasteiger partial charge in [0.25, 0.3) is 5.56 Å². The van der Waals surface area contributed by atoms with Crippen molar-refractivity contribution in [3.05, 3.63) is 88.6 Å². The van der Waals surface area contributed by atoms with Crippen LogP contribution in [0.15, 0.2) is 71.9 Å². The fraction of sp³-hybridized carbons (Fsp3) is 0.167. The number of nitrogens with zero attached hydrogens (tertiary/aromatic N) is 4. The van der Waals surface area contributed by atoms with Crippen LogP contribution in [0.3, 0.4) is 0 Å². The molecule has 0 spiro atoms.